The Morgan fingerprint density at radius 2 is 2.09 bits per heavy atom. The van der Waals surface area contributed by atoms with Crippen molar-refractivity contribution in [2.45, 2.75) is 45.2 Å². The molecule has 0 aromatic heterocycles. The van der Waals surface area contributed by atoms with E-state index in [1.54, 1.807) is 0 Å². The number of hydrogen-bond donors (Lipinski definition) is 0. The molecule has 3 fully saturated rings. The van der Waals surface area contributed by atoms with Crippen molar-refractivity contribution in [1.82, 2.24) is 4.90 Å². The second-order valence-corrected chi connectivity index (χ2v) is 4.43. The Bertz CT molecular complexity index is 149. The van der Waals surface area contributed by atoms with Crippen LogP contribution in [0.15, 0.2) is 0 Å². The van der Waals surface area contributed by atoms with Gasteiger partial charge in [0.05, 0.1) is 0 Å². The molecule has 0 radical (unpaired) electrons. The van der Waals surface area contributed by atoms with E-state index in [1.165, 1.54) is 19.3 Å². The van der Waals surface area contributed by atoms with Crippen LogP contribution in [-0.2, 0) is 0 Å². The first-order chi connectivity index (χ1) is 5.24. The zero-order valence-corrected chi connectivity index (χ0v) is 7.88. The maximum atomic E-state index is 2.62. The van der Waals surface area contributed by atoms with Gasteiger partial charge >= 0.3 is 0 Å². The normalized spacial score (nSPS) is 45.5. The van der Waals surface area contributed by atoms with Gasteiger partial charge in [0.15, 0.2) is 0 Å². The van der Waals surface area contributed by atoms with Crippen LogP contribution in [0.4, 0.5) is 0 Å². The van der Waals surface area contributed by atoms with E-state index in [0.29, 0.717) is 0 Å². The van der Waals surface area contributed by atoms with E-state index in [1.807, 2.05) is 0 Å². The van der Waals surface area contributed by atoms with Gasteiger partial charge in [-0.1, -0.05) is 20.3 Å². The van der Waals surface area contributed by atoms with Crippen molar-refractivity contribution in [3.8, 4) is 0 Å². The lowest BCUT2D eigenvalue weighted by Gasteiger charge is -2.25. The van der Waals surface area contributed by atoms with Crippen molar-refractivity contribution in [2.24, 2.45) is 11.8 Å². The number of nitrogens with zero attached hydrogens (tertiary/aromatic N) is 1. The summed E-state index contributed by atoms with van der Waals surface area (Å²) in [5.41, 5.74) is 0. The summed E-state index contributed by atoms with van der Waals surface area (Å²) < 4.78 is 0. The van der Waals surface area contributed by atoms with Gasteiger partial charge in [0, 0.05) is 12.1 Å². The molecule has 1 aliphatic carbocycles. The van der Waals surface area contributed by atoms with Gasteiger partial charge in [0.2, 0.25) is 0 Å². The third kappa shape index (κ3) is 0.936. The molecule has 2 heterocycles. The molecule has 0 spiro atoms. The fourth-order valence-corrected chi connectivity index (χ4v) is 2.92. The third-order valence-electron chi connectivity index (χ3n) is 3.91. The Kier molecular flexibility index (Phi) is 1.71. The average Bonchev–Trinajstić information content (AvgIpc) is 2.36. The Hall–Kier alpha value is -0.0400. The highest BCUT2D eigenvalue weighted by Gasteiger charge is 2.49. The SMILES string of the molecule is CCC(C)[C@@H]1C2CC(C2)N1C. The van der Waals surface area contributed by atoms with Crippen LogP contribution in [-0.4, -0.2) is 24.0 Å². The minimum Gasteiger partial charge on any atom is -0.300 e. The van der Waals surface area contributed by atoms with E-state index < -0.39 is 0 Å². The molecule has 3 aliphatic rings. The predicted octanol–water partition coefficient (Wildman–Crippen LogP) is 2.13. The molecule has 1 saturated carbocycles. The molecule has 2 atom stereocenters. The first-order valence-corrected chi connectivity index (χ1v) is 4.96. The zero-order chi connectivity index (χ0) is 8.01. The number of fused-ring (bicyclic) bond motifs is 1. The molecule has 1 nitrogen and oxygen atoms in total. The van der Waals surface area contributed by atoms with Crippen molar-refractivity contribution in [3.63, 3.8) is 0 Å². The van der Waals surface area contributed by atoms with Gasteiger partial charge in [0.1, 0.15) is 0 Å². The van der Waals surface area contributed by atoms with Crippen molar-refractivity contribution in [1.29, 1.82) is 0 Å². The minimum atomic E-state index is 0.914. The summed E-state index contributed by atoms with van der Waals surface area (Å²) in [6.45, 7) is 4.72. The first kappa shape index (κ1) is 7.60. The van der Waals surface area contributed by atoms with Gasteiger partial charge in [0.25, 0.3) is 0 Å². The van der Waals surface area contributed by atoms with E-state index in [-0.39, 0.29) is 0 Å². The van der Waals surface area contributed by atoms with Crippen LogP contribution in [0.1, 0.15) is 33.1 Å². The van der Waals surface area contributed by atoms with Crippen LogP contribution in [0.3, 0.4) is 0 Å². The Balaban J connectivity index is 2.03. The lowest BCUT2D eigenvalue weighted by molar-refractivity contribution is 0.227. The Morgan fingerprint density at radius 3 is 2.45 bits per heavy atom. The van der Waals surface area contributed by atoms with Crippen LogP contribution >= 0.6 is 0 Å². The second-order valence-electron chi connectivity index (χ2n) is 4.43. The van der Waals surface area contributed by atoms with Crippen molar-refractivity contribution in [2.75, 3.05) is 7.05 Å². The molecule has 11 heavy (non-hydrogen) atoms. The second kappa shape index (κ2) is 2.48. The molecule has 2 aliphatic heterocycles. The van der Waals surface area contributed by atoms with Crippen molar-refractivity contribution in [3.05, 3.63) is 0 Å². The number of hydrogen-bond acceptors (Lipinski definition) is 1. The van der Waals surface area contributed by atoms with Gasteiger partial charge in [-0.05, 0) is 31.7 Å². The van der Waals surface area contributed by atoms with Crippen molar-refractivity contribution >= 4 is 0 Å². The highest BCUT2D eigenvalue weighted by atomic mass is 15.2. The average molecular weight is 153 g/mol. The predicted molar refractivity (Wildman–Crippen MR) is 47.5 cm³/mol. The topological polar surface area (TPSA) is 3.24 Å². The maximum Gasteiger partial charge on any atom is 0.0150 e. The minimum absolute atomic E-state index is 0.914. The van der Waals surface area contributed by atoms with Crippen LogP contribution < -0.4 is 0 Å². The van der Waals surface area contributed by atoms with Crippen LogP contribution in [0.2, 0.25) is 0 Å². The molecule has 0 N–H and O–H groups in total. The van der Waals surface area contributed by atoms with Gasteiger partial charge in [-0.15, -0.1) is 0 Å². The van der Waals surface area contributed by atoms with Gasteiger partial charge in [-0.2, -0.15) is 0 Å². The van der Waals surface area contributed by atoms with E-state index in [4.69, 9.17) is 0 Å². The van der Waals surface area contributed by atoms with E-state index in [0.717, 1.165) is 23.9 Å². The standard InChI is InChI=1S/C10H19N/c1-4-7(2)10-8-5-9(6-8)11(10)3/h7-10H,4-6H2,1-3H3/t7?,8?,9?,10-/m1/s1. The summed E-state index contributed by atoms with van der Waals surface area (Å²) >= 11 is 0. The third-order valence-corrected chi connectivity index (χ3v) is 3.91. The van der Waals surface area contributed by atoms with E-state index >= 15 is 0 Å². The van der Waals surface area contributed by atoms with Crippen LogP contribution in [0, 0.1) is 11.8 Å². The molecule has 3 rings (SSSR count). The molecule has 0 aromatic carbocycles. The molecule has 0 aromatic rings. The monoisotopic (exact) mass is 153 g/mol. The summed E-state index contributed by atoms with van der Waals surface area (Å²) in [7, 11) is 2.31. The summed E-state index contributed by atoms with van der Waals surface area (Å²) in [6, 6.07) is 1.88. The summed E-state index contributed by atoms with van der Waals surface area (Å²) in [6.07, 6.45) is 4.33. The molecule has 0 amide bonds. The maximum absolute atomic E-state index is 2.62. The summed E-state index contributed by atoms with van der Waals surface area (Å²) in [5, 5.41) is 0. The highest BCUT2D eigenvalue weighted by Crippen LogP contribution is 2.47. The molecule has 64 valence electrons. The summed E-state index contributed by atoms with van der Waals surface area (Å²) in [5.74, 6) is 1.97. The zero-order valence-electron chi connectivity index (χ0n) is 7.88. The molecular weight excluding hydrogens is 134 g/mol. The number of rotatable bonds is 2. The summed E-state index contributed by atoms with van der Waals surface area (Å²) in [4.78, 5) is 2.62. The fourth-order valence-electron chi connectivity index (χ4n) is 2.92. The largest absolute Gasteiger partial charge is 0.300 e. The molecule has 2 bridgehead atoms. The lowest BCUT2D eigenvalue weighted by atomic mass is 9.79. The van der Waals surface area contributed by atoms with Gasteiger partial charge in [-0.3, -0.25) is 4.90 Å². The molecule has 1 unspecified atom stereocenters. The first-order valence-electron chi connectivity index (χ1n) is 4.96. The van der Waals surface area contributed by atoms with Crippen molar-refractivity contribution < 1.29 is 0 Å². The molecular formula is C10H19N. The van der Waals surface area contributed by atoms with E-state index in [2.05, 4.69) is 25.8 Å². The van der Waals surface area contributed by atoms with Gasteiger partial charge < -0.3 is 0 Å². The Labute approximate surface area is 69.8 Å². The smallest absolute Gasteiger partial charge is 0.0150 e. The fraction of sp³-hybridized carbons (Fsp3) is 1.00. The lowest BCUT2D eigenvalue weighted by Crippen LogP contribution is -2.31. The van der Waals surface area contributed by atoms with Gasteiger partial charge in [-0.25, -0.2) is 0 Å². The van der Waals surface area contributed by atoms with E-state index in [9.17, 15) is 0 Å². The molecule has 2 saturated heterocycles. The quantitative estimate of drug-likeness (QED) is 0.587. The van der Waals surface area contributed by atoms with Crippen LogP contribution in [0.25, 0.3) is 0 Å². The molecule has 1 heteroatoms. The van der Waals surface area contributed by atoms with Crippen LogP contribution in [0.5, 0.6) is 0 Å². The highest BCUT2D eigenvalue weighted by molar-refractivity contribution is 5.04. The Morgan fingerprint density at radius 1 is 1.45 bits per heavy atom.